The Bertz CT molecular complexity index is 562. The van der Waals surface area contributed by atoms with Gasteiger partial charge in [-0.25, -0.2) is 0 Å². The van der Waals surface area contributed by atoms with Gasteiger partial charge in [0.2, 0.25) is 0 Å². The summed E-state index contributed by atoms with van der Waals surface area (Å²) in [6, 6.07) is 0. The lowest BCUT2D eigenvalue weighted by Crippen LogP contribution is -1.97. The molecule has 0 saturated heterocycles. The highest BCUT2D eigenvalue weighted by Crippen LogP contribution is 2.19. The molecule has 0 aromatic heterocycles. The normalized spacial score (nSPS) is 11.7. The van der Waals surface area contributed by atoms with E-state index in [1.165, 1.54) is 334 Å². The Kier molecular flexibility index (Phi) is 53.9. The van der Waals surface area contributed by atoms with Crippen molar-refractivity contribution in [3.63, 3.8) is 0 Å². The molecule has 332 valence electrons. The number of nitrogens with two attached hydrogens (primary N) is 1. The van der Waals surface area contributed by atoms with Gasteiger partial charge in [-0.1, -0.05) is 334 Å². The van der Waals surface area contributed by atoms with E-state index in [4.69, 9.17) is 5.73 Å². The zero-order chi connectivity index (χ0) is 39.5. The van der Waals surface area contributed by atoms with Gasteiger partial charge >= 0.3 is 0 Å². The summed E-state index contributed by atoms with van der Waals surface area (Å²) in [5.74, 6) is 0. The van der Waals surface area contributed by atoms with Crippen LogP contribution >= 0.6 is 0 Å². The third-order valence-electron chi connectivity index (χ3n) is 13.1. The fraction of sp³-hybridized carbons (Fsp3) is 1.00. The van der Waals surface area contributed by atoms with Crippen molar-refractivity contribution in [3.8, 4) is 0 Å². The maximum absolute atomic E-state index is 5.57. The standard InChI is InChI=1S/C54H111N/c1-2-3-4-5-6-7-8-9-10-11-12-13-14-15-16-17-18-19-20-21-22-23-24-25-26-27-28-29-30-31-32-33-34-35-36-37-38-39-40-41-42-43-44-45-46-47-48-49-50-51-52-53-54-55/h2-55H2,1H3. The van der Waals surface area contributed by atoms with Crippen LogP contribution in [0.2, 0.25) is 0 Å². The lowest BCUT2D eigenvalue weighted by molar-refractivity contribution is 0.507. The molecule has 0 amide bonds. The maximum Gasteiger partial charge on any atom is -0.00773 e. The van der Waals surface area contributed by atoms with E-state index >= 15 is 0 Å². The van der Waals surface area contributed by atoms with Gasteiger partial charge in [0, 0.05) is 0 Å². The fourth-order valence-corrected chi connectivity index (χ4v) is 9.06. The highest BCUT2D eigenvalue weighted by molar-refractivity contribution is 4.55. The highest BCUT2D eigenvalue weighted by Gasteiger charge is 1.99. The molecule has 55 heavy (non-hydrogen) atoms. The minimum Gasteiger partial charge on any atom is -0.330 e. The van der Waals surface area contributed by atoms with Crippen molar-refractivity contribution in [2.24, 2.45) is 5.73 Å². The van der Waals surface area contributed by atoms with E-state index < -0.39 is 0 Å². The summed E-state index contributed by atoms with van der Waals surface area (Å²) in [5, 5.41) is 0. The van der Waals surface area contributed by atoms with Crippen LogP contribution in [0.4, 0.5) is 0 Å². The van der Waals surface area contributed by atoms with Crippen molar-refractivity contribution in [2.45, 2.75) is 341 Å². The molecule has 0 aliphatic rings. The molecule has 0 unspecified atom stereocenters. The van der Waals surface area contributed by atoms with Crippen LogP contribution in [0.1, 0.15) is 341 Å². The smallest absolute Gasteiger partial charge is 0.00773 e. The molecule has 0 bridgehead atoms. The van der Waals surface area contributed by atoms with Gasteiger partial charge in [0.25, 0.3) is 0 Å². The van der Waals surface area contributed by atoms with Crippen LogP contribution in [0.25, 0.3) is 0 Å². The number of rotatable bonds is 52. The third-order valence-corrected chi connectivity index (χ3v) is 13.1. The molecule has 0 heterocycles. The van der Waals surface area contributed by atoms with Crippen LogP contribution in [-0.2, 0) is 0 Å². The predicted molar refractivity (Wildman–Crippen MR) is 255 cm³/mol. The summed E-state index contributed by atoms with van der Waals surface area (Å²) >= 11 is 0. The van der Waals surface area contributed by atoms with Crippen molar-refractivity contribution in [2.75, 3.05) is 6.54 Å². The molecule has 0 spiro atoms. The molecule has 0 aromatic carbocycles. The summed E-state index contributed by atoms with van der Waals surface area (Å²) in [4.78, 5) is 0. The minimum absolute atomic E-state index is 0.875. The lowest BCUT2D eigenvalue weighted by Gasteiger charge is -2.05. The zero-order valence-corrected chi connectivity index (χ0v) is 39.1. The largest absolute Gasteiger partial charge is 0.330 e. The van der Waals surface area contributed by atoms with E-state index in [0.29, 0.717) is 0 Å². The van der Waals surface area contributed by atoms with Gasteiger partial charge in [0.15, 0.2) is 0 Å². The predicted octanol–water partition coefficient (Wildman–Crippen LogP) is 20.3. The van der Waals surface area contributed by atoms with Crippen LogP contribution in [0, 0.1) is 0 Å². The Balaban J connectivity index is 3.05. The van der Waals surface area contributed by atoms with Crippen LogP contribution in [-0.4, -0.2) is 6.54 Å². The van der Waals surface area contributed by atoms with Crippen molar-refractivity contribution in [1.82, 2.24) is 0 Å². The van der Waals surface area contributed by atoms with Crippen LogP contribution < -0.4 is 5.73 Å². The Hall–Kier alpha value is -0.0400. The molecule has 0 radical (unpaired) electrons. The first kappa shape index (κ1) is 55.0. The molecule has 0 saturated carbocycles. The van der Waals surface area contributed by atoms with Crippen LogP contribution in [0.3, 0.4) is 0 Å². The molecule has 0 aliphatic heterocycles. The van der Waals surface area contributed by atoms with Gasteiger partial charge in [-0.05, 0) is 13.0 Å². The second kappa shape index (κ2) is 54.0. The van der Waals surface area contributed by atoms with Gasteiger partial charge in [-0.3, -0.25) is 0 Å². The fourth-order valence-electron chi connectivity index (χ4n) is 9.06. The van der Waals surface area contributed by atoms with E-state index in [0.717, 1.165) is 6.54 Å². The SMILES string of the molecule is CCCCCCCCCCCCCCCCCCCCCCCCCCCCCCCCCCCCCCCCCCCCCCCCCCCCCCN. The lowest BCUT2D eigenvalue weighted by atomic mass is 10.0. The first-order valence-corrected chi connectivity index (χ1v) is 27.1. The number of hydrogen-bond donors (Lipinski definition) is 1. The first-order chi connectivity index (χ1) is 27.4. The van der Waals surface area contributed by atoms with E-state index in [-0.39, 0.29) is 0 Å². The van der Waals surface area contributed by atoms with Gasteiger partial charge in [-0.2, -0.15) is 0 Å². The number of unbranched alkanes of at least 4 members (excludes halogenated alkanes) is 51. The van der Waals surface area contributed by atoms with Gasteiger partial charge in [0.05, 0.1) is 0 Å². The van der Waals surface area contributed by atoms with Crippen molar-refractivity contribution in [3.05, 3.63) is 0 Å². The Morgan fingerprint density at radius 2 is 0.236 bits per heavy atom. The summed E-state index contributed by atoms with van der Waals surface area (Å²) in [6.07, 6.45) is 76.7. The van der Waals surface area contributed by atoms with Gasteiger partial charge in [-0.15, -0.1) is 0 Å². The molecule has 0 rings (SSSR count). The summed E-state index contributed by atoms with van der Waals surface area (Å²) in [7, 11) is 0. The van der Waals surface area contributed by atoms with E-state index in [9.17, 15) is 0 Å². The Labute approximate surface area is 351 Å². The highest BCUT2D eigenvalue weighted by atomic mass is 14.5. The second-order valence-electron chi connectivity index (χ2n) is 18.8. The first-order valence-electron chi connectivity index (χ1n) is 27.1. The van der Waals surface area contributed by atoms with Crippen molar-refractivity contribution >= 4 is 0 Å². The Morgan fingerprint density at radius 3 is 0.327 bits per heavy atom. The van der Waals surface area contributed by atoms with Gasteiger partial charge in [0.1, 0.15) is 0 Å². The zero-order valence-electron chi connectivity index (χ0n) is 39.1. The maximum atomic E-state index is 5.57. The minimum atomic E-state index is 0.875. The molecular formula is C54H111N. The third kappa shape index (κ3) is 54.0. The molecule has 0 atom stereocenters. The Morgan fingerprint density at radius 1 is 0.145 bits per heavy atom. The topological polar surface area (TPSA) is 26.0 Å². The van der Waals surface area contributed by atoms with Crippen molar-refractivity contribution < 1.29 is 0 Å². The van der Waals surface area contributed by atoms with E-state index in [2.05, 4.69) is 6.92 Å². The van der Waals surface area contributed by atoms with E-state index in [1.54, 1.807) is 0 Å². The molecule has 0 aromatic rings. The molecule has 2 N–H and O–H groups in total. The summed E-state index contributed by atoms with van der Waals surface area (Å²) in [5.41, 5.74) is 5.57. The second-order valence-corrected chi connectivity index (χ2v) is 18.8. The molecule has 0 aliphatic carbocycles. The van der Waals surface area contributed by atoms with Crippen LogP contribution in [0.15, 0.2) is 0 Å². The van der Waals surface area contributed by atoms with E-state index in [1.807, 2.05) is 0 Å². The molecule has 1 heteroatoms. The summed E-state index contributed by atoms with van der Waals surface area (Å²) in [6.45, 7) is 3.19. The quantitative estimate of drug-likeness (QED) is 0.0612. The van der Waals surface area contributed by atoms with Crippen LogP contribution in [0.5, 0.6) is 0 Å². The number of hydrogen-bond acceptors (Lipinski definition) is 1. The average molecular weight is 774 g/mol. The van der Waals surface area contributed by atoms with Crippen molar-refractivity contribution in [1.29, 1.82) is 0 Å². The average Bonchev–Trinajstić information content (AvgIpc) is 3.20. The molecule has 1 nitrogen and oxygen atoms in total. The summed E-state index contributed by atoms with van der Waals surface area (Å²) < 4.78 is 0. The monoisotopic (exact) mass is 774 g/mol. The molecule has 0 fully saturated rings. The van der Waals surface area contributed by atoms with Gasteiger partial charge < -0.3 is 5.73 Å². The molecular weight excluding hydrogens is 663 g/mol.